The van der Waals surface area contributed by atoms with Crippen LogP contribution in [0, 0.1) is 0 Å². The van der Waals surface area contributed by atoms with Crippen LogP contribution >= 0.6 is 22.9 Å². The molecule has 5 rings (SSSR count). The van der Waals surface area contributed by atoms with E-state index >= 15 is 0 Å². The SMILES string of the molecule is CC(C)(C)OC(=O)Nc1ccc(C(=O)Nc2csc(C(=O)N3C[C@@H](CCl)c4c3cc(O)c3ccccc43)c2)cc1. The predicted molar refractivity (Wildman–Crippen MR) is 159 cm³/mol. The number of phenolic OH excluding ortho intramolecular Hbond substituents is 1. The number of aromatic hydroxyl groups is 1. The molecule has 0 saturated carbocycles. The fourth-order valence-corrected chi connectivity index (χ4v) is 5.76. The number of carbonyl (C=O) groups is 3. The number of halogens is 1. The number of amides is 3. The van der Waals surface area contributed by atoms with Crippen molar-refractivity contribution in [2.24, 2.45) is 0 Å². The smallest absolute Gasteiger partial charge is 0.412 e. The Hall–Kier alpha value is -4.08. The minimum atomic E-state index is -0.620. The van der Waals surface area contributed by atoms with Crippen molar-refractivity contribution in [3.8, 4) is 5.75 Å². The summed E-state index contributed by atoms with van der Waals surface area (Å²) in [4.78, 5) is 40.4. The van der Waals surface area contributed by atoms with E-state index in [0.717, 1.165) is 16.3 Å². The van der Waals surface area contributed by atoms with Gasteiger partial charge in [-0.15, -0.1) is 22.9 Å². The summed E-state index contributed by atoms with van der Waals surface area (Å²) < 4.78 is 5.24. The standard InChI is InChI=1S/C30H28ClN3O5S/c1-30(2,3)39-29(38)33-19-10-8-17(9-11-19)27(36)32-20-12-25(40-16-20)28(37)34-15-18(14-31)26-22-7-5-4-6-21(22)24(35)13-23(26)34/h4-13,16,18,35H,14-15H2,1-3H3,(H,32,36)(H,33,38)/t18-/m1/s1. The lowest BCUT2D eigenvalue weighted by Gasteiger charge is -2.19. The molecule has 1 aliphatic heterocycles. The summed E-state index contributed by atoms with van der Waals surface area (Å²) in [7, 11) is 0. The second-order valence-corrected chi connectivity index (χ2v) is 11.7. The molecule has 206 valence electrons. The van der Waals surface area contributed by atoms with Gasteiger partial charge in [-0.05, 0) is 62.1 Å². The highest BCUT2D eigenvalue weighted by Gasteiger charge is 2.35. The van der Waals surface area contributed by atoms with Gasteiger partial charge in [-0.25, -0.2) is 4.79 Å². The molecule has 3 aromatic carbocycles. The molecule has 10 heteroatoms. The van der Waals surface area contributed by atoms with Crippen LogP contribution in [0.25, 0.3) is 10.8 Å². The minimum absolute atomic E-state index is 0.0713. The van der Waals surface area contributed by atoms with Crippen LogP contribution in [0.15, 0.2) is 66.0 Å². The highest BCUT2D eigenvalue weighted by Crippen LogP contribution is 2.45. The molecule has 0 aliphatic carbocycles. The fourth-order valence-electron chi connectivity index (χ4n) is 4.72. The van der Waals surface area contributed by atoms with Gasteiger partial charge in [-0.2, -0.15) is 0 Å². The van der Waals surface area contributed by atoms with Crippen LogP contribution in [0.3, 0.4) is 0 Å². The van der Waals surface area contributed by atoms with Crippen LogP contribution in [0.4, 0.5) is 21.9 Å². The molecular weight excluding hydrogens is 550 g/mol. The van der Waals surface area contributed by atoms with E-state index in [2.05, 4.69) is 10.6 Å². The molecule has 0 fully saturated rings. The number of nitrogens with zero attached hydrogens (tertiary/aromatic N) is 1. The van der Waals surface area contributed by atoms with Crippen molar-refractivity contribution in [1.29, 1.82) is 0 Å². The van der Waals surface area contributed by atoms with Crippen molar-refractivity contribution in [3.05, 3.63) is 82.0 Å². The Morgan fingerprint density at radius 3 is 2.40 bits per heavy atom. The van der Waals surface area contributed by atoms with Gasteiger partial charge in [-0.3, -0.25) is 14.9 Å². The van der Waals surface area contributed by atoms with Gasteiger partial charge in [0, 0.05) is 46.4 Å². The summed E-state index contributed by atoms with van der Waals surface area (Å²) >= 11 is 7.52. The number of carbonyl (C=O) groups excluding carboxylic acids is 3. The first-order valence-corrected chi connectivity index (χ1v) is 14.1. The molecule has 0 saturated heterocycles. The molecule has 0 bridgehead atoms. The Labute approximate surface area is 240 Å². The van der Waals surface area contributed by atoms with Crippen LogP contribution < -0.4 is 15.5 Å². The molecule has 0 unspecified atom stereocenters. The zero-order valence-corrected chi connectivity index (χ0v) is 23.7. The van der Waals surface area contributed by atoms with E-state index in [1.54, 1.807) is 67.4 Å². The number of nitrogens with one attached hydrogen (secondary N) is 2. The van der Waals surface area contributed by atoms with Gasteiger partial charge in [0.25, 0.3) is 11.8 Å². The van der Waals surface area contributed by atoms with E-state index in [1.807, 2.05) is 24.3 Å². The molecule has 0 spiro atoms. The first-order valence-electron chi connectivity index (χ1n) is 12.7. The van der Waals surface area contributed by atoms with Crippen LogP contribution in [0.2, 0.25) is 0 Å². The summed E-state index contributed by atoms with van der Waals surface area (Å²) in [5.41, 5.74) is 2.34. The topological polar surface area (TPSA) is 108 Å². The minimum Gasteiger partial charge on any atom is -0.507 e. The molecule has 8 nitrogen and oxygen atoms in total. The Morgan fingerprint density at radius 2 is 1.73 bits per heavy atom. The van der Waals surface area contributed by atoms with E-state index in [9.17, 15) is 19.5 Å². The molecule has 3 N–H and O–H groups in total. The second-order valence-electron chi connectivity index (χ2n) is 10.5. The van der Waals surface area contributed by atoms with Crippen LogP contribution in [-0.4, -0.2) is 41.0 Å². The molecule has 1 aromatic heterocycles. The average Bonchev–Trinajstić information content (AvgIpc) is 3.52. The van der Waals surface area contributed by atoms with Crippen LogP contribution in [0.5, 0.6) is 5.75 Å². The third-order valence-electron chi connectivity index (χ3n) is 6.44. The highest BCUT2D eigenvalue weighted by molar-refractivity contribution is 7.12. The van der Waals surface area contributed by atoms with Crippen molar-refractivity contribution < 1.29 is 24.2 Å². The molecule has 40 heavy (non-hydrogen) atoms. The van der Waals surface area contributed by atoms with Crippen molar-refractivity contribution >= 4 is 68.7 Å². The van der Waals surface area contributed by atoms with E-state index in [4.69, 9.17) is 16.3 Å². The first kappa shape index (κ1) is 27.5. The Kier molecular flexibility index (Phi) is 7.44. The van der Waals surface area contributed by atoms with Crippen molar-refractivity contribution in [2.45, 2.75) is 32.3 Å². The zero-order chi connectivity index (χ0) is 28.6. The number of phenols is 1. The highest BCUT2D eigenvalue weighted by atomic mass is 35.5. The summed E-state index contributed by atoms with van der Waals surface area (Å²) in [5.74, 6) is -0.215. The van der Waals surface area contributed by atoms with Crippen molar-refractivity contribution in [1.82, 2.24) is 0 Å². The molecular formula is C30H28ClN3O5S. The summed E-state index contributed by atoms with van der Waals surface area (Å²) in [6.07, 6.45) is -0.582. The molecule has 1 atom stereocenters. The normalized spacial score (nSPS) is 14.6. The number of alkyl halides is 1. The lowest BCUT2D eigenvalue weighted by molar-refractivity contribution is 0.0635. The van der Waals surface area contributed by atoms with Gasteiger partial charge < -0.3 is 20.1 Å². The predicted octanol–water partition coefficient (Wildman–Crippen LogP) is 7.19. The van der Waals surface area contributed by atoms with Gasteiger partial charge in [0.05, 0.1) is 16.3 Å². The van der Waals surface area contributed by atoms with Gasteiger partial charge in [0.1, 0.15) is 11.4 Å². The number of rotatable bonds is 5. The maximum Gasteiger partial charge on any atom is 0.412 e. The maximum absolute atomic E-state index is 13.6. The number of hydrogen-bond donors (Lipinski definition) is 3. The summed E-state index contributed by atoms with van der Waals surface area (Å²) in [6, 6.07) is 17.2. The Morgan fingerprint density at radius 1 is 1.02 bits per heavy atom. The third kappa shape index (κ3) is 5.61. The molecule has 3 amide bonds. The number of fused-ring (bicyclic) bond motifs is 3. The largest absolute Gasteiger partial charge is 0.507 e. The number of thiophene rings is 1. The Balaban J connectivity index is 1.29. The van der Waals surface area contributed by atoms with Crippen LogP contribution in [0.1, 0.15) is 52.3 Å². The van der Waals surface area contributed by atoms with E-state index in [0.29, 0.717) is 39.9 Å². The monoisotopic (exact) mass is 577 g/mol. The number of hydrogen-bond acceptors (Lipinski definition) is 6. The number of benzene rings is 3. The lowest BCUT2D eigenvalue weighted by Crippen LogP contribution is -2.29. The molecule has 2 heterocycles. The molecule has 4 aromatic rings. The van der Waals surface area contributed by atoms with Gasteiger partial charge >= 0.3 is 6.09 Å². The quantitative estimate of drug-likeness (QED) is 0.218. The van der Waals surface area contributed by atoms with Gasteiger partial charge in [0.15, 0.2) is 0 Å². The van der Waals surface area contributed by atoms with Crippen molar-refractivity contribution in [3.63, 3.8) is 0 Å². The van der Waals surface area contributed by atoms with E-state index < -0.39 is 11.7 Å². The summed E-state index contributed by atoms with van der Waals surface area (Å²) in [5, 5.41) is 19.4. The average molecular weight is 578 g/mol. The van der Waals surface area contributed by atoms with Gasteiger partial charge in [-0.1, -0.05) is 24.3 Å². The van der Waals surface area contributed by atoms with Crippen molar-refractivity contribution in [2.75, 3.05) is 28.0 Å². The first-order chi connectivity index (χ1) is 19.0. The fraction of sp³-hybridized carbons (Fsp3) is 0.233. The van der Waals surface area contributed by atoms with Gasteiger partial charge in [0.2, 0.25) is 0 Å². The summed E-state index contributed by atoms with van der Waals surface area (Å²) in [6.45, 7) is 5.72. The van der Waals surface area contributed by atoms with E-state index in [1.165, 1.54) is 11.3 Å². The molecule has 1 aliphatic rings. The Bertz CT molecular complexity index is 1610. The lowest BCUT2D eigenvalue weighted by atomic mass is 9.95. The molecule has 0 radical (unpaired) electrons. The number of ether oxygens (including phenoxy) is 1. The van der Waals surface area contributed by atoms with E-state index in [-0.39, 0.29) is 23.5 Å². The second kappa shape index (κ2) is 10.8. The number of anilines is 3. The third-order valence-corrected chi connectivity index (χ3v) is 7.73. The maximum atomic E-state index is 13.6. The van der Waals surface area contributed by atoms with Crippen LogP contribution in [-0.2, 0) is 4.74 Å². The zero-order valence-electron chi connectivity index (χ0n) is 22.2.